The van der Waals surface area contributed by atoms with E-state index in [9.17, 15) is 0 Å². The van der Waals surface area contributed by atoms with Crippen molar-refractivity contribution in [3.05, 3.63) is 54.6 Å². The summed E-state index contributed by atoms with van der Waals surface area (Å²) in [4.78, 5) is 4.25. The Kier molecular flexibility index (Phi) is 2.41. The van der Waals surface area contributed by atoms with E-state index in [0.29, 0.717) is 0 Å². The Morgan fingerprint density at radius 1 is 1.24 bits per heavy atom. The van der Waals surface area contributed by atoms with Gasteiger partial charge in [-0.3, -0.25) is 5.10 Å². The number of fused-ring (bicyclic) bond motifs is 2. The number of aryl methyl sites for hydroxylation is 1. The second kappa shape index (κ2) is 4.28. The monoisotopic (exact) mass is 275 g/mol. The quantitative estimate of drug-likeness (QED) is 0.611. The summed E-state index contributed by atoms with van der Waals surface area (Å²) >= 11 is 0. The first-order valence-corrected chi connectivity index (χ1v) is 6.66. The number of nitrogens with zero attached hydrogens (tertiary/aromatic N) is 4. The molecule has 0 saturated carbocycles. The van der Waals surface area contributed by atoms with E-state index in [1.165, 1.54) is 0 Å². The van der Waals surface area contributed by atoms with E-state index in [-0.39, 0.29) is 0 Å². The number of hydrogen-bond acceptors (Lipinski definition) is 3. The van der Waals surface area contributed by atoms with Crippen LogP contribution in [0.2, 0.25) is 0 Å². The molecule has 3 aromatic heterocycles. The van der Waals surface area contributed by atoms with Crippen molar-refractivity contribution in [2.24, 2.45) is 0 Å². The Hall–Kier alpha value is -2.95. The van der Waals surface area contributed by atoms with Crippen molar-refractivity contribution in [1.82, 2.24) is 24.8 Å². The van der Waals surface area contributed by atoms with Gasteiger partial charge in [-0.2, -0.15) is 10.2 Å². The molecule has 0 fully saturated rings. The summed E-state index contributed by atoms with van der Waals surface area (Å²) in [5, 5.41) is 12.4. The van der Waals surface area contributed by atoms with Crippen molar-refractivity contribution in [2.45, 2.75) is 6.92 Å². The fourth-order valence-electron chi connectivity index (χ4n) is 2.67. The molecule has 0 aliphatic carbocycles. The van der Waals surface area contributed by atoms with E-state index >= 15 is 0 Å². The molecular weight excluding hydrogens is 262 g/mol. The summed E-state index contributed by atoms with van der Waals surface area (Å²) in [7, 11) is 0. The lowest BCUT2D eigenvalue weighted by Gasteiger charge is -2.07. The number of nitrogens with one attached hydrogen (secondary N) is 1. The fraction of sp³-hybridized carbons (Fsp3) is 0.0625. The van der Waals surface area contributed by atoms with Crippen LogP contribution in [0.1, 0.15) is 11.1 Å². The van der Waals surface area contributed by atoms with E-state index in [4.69, 9.17) is 0 Å². The van der Waals surface area contributed by atoms with Gasteiger partial charge in [0.15, 0.2) is 5.65 Å². The predicted octanol–water partition coefficient (Wildman–Crippen LogP) is 3.22. The lowest BCUT2D eigenvalue weighted by Crippen LogP contribution is -1.92. The molecule has 0 atom stereocenters. The van der Waals surface area contributed by atoms with Crippen molar-refractivity contribution in [1.29, 1.82) is 0 Å². The average Bonchev–Trinajstić information content (AvgIpc) is 3.14. The van der Waals surface area contributed by atoms with Gasteiger partial charge in [0, 0.05) is 17.1 Å². The summed E-state index contributed by atoms with van der Waals surface area (Å²) in [6, 6.07) is 6.32. The summed E-state index contributed by atoms with van der Waals surface area (Å²) in [6.45, 7) is 5.92. The third kappa shape index (κ3) is 1.74. The maximum absolute atomic E-state index is 4.25. The lowest BCUT2D eigenvalue weighted by molar-refractivity contribution is 0.958. The number of hydrogen-bond donors (Lipinski definition) is 1. The van der Waals surface area contributed by atoms with Gasteiger partial charge >= 0.3 is 0 Å². The first-order chi connectivity index (χ1) is 10.3. The zero-order valence-corrected chi connectivity index (χ0v) is 11.5. The minimum absolute atomic E-state index is 0.880. The summed E-state index contributed by atoms with van der Waals surface area (Å²) in [5.41, 5.74) is 6.22. The zero-order valence-electron chi connectivity index (χ0n) is 11.5. The van der Waals surface area contributed by atoms with Gasteiger partial charge in [0.05, 0.1) is 11.7 Å². The molecule has 0 aliphatic rings. The molecule has 0 amide bonds. The second-order valence-electron chi connectivity index (χ2n) is 5.04. The minimum atomic E-state index is 0.880. The van der Waals surface area contributed by atoms with Crippen LogP contribution < -0.4 is 0 Å². The summed E-state index contributed by atoms with van der Waals surface area (Å²) in [6.07, 6.45) is 7.23. The van der Waals surface area contributed by atoms with Crippen LogP contribution in [0.5, 0.6) is 0 Å². The molecule has 5 nitrogen and oxygen atoms in total. The van der Waals surface area contributed by atoms with Crippen molar-refractivity contribution in [2.75, 3.05) is 0 Å². The van der Waals surface area contributed by atoms with Gasteiger partial charge in [0.2, 0.25) is 0 Å². The van der Waals surface area contributed by atoms with Crippen LogP contribution in [0, 0.1) is 6.92 Å². The molecule has 5 heteroatoms. The Labute approximate surface area is 120 Å². The Morgan fingerprint density at radius 3 is 3.00 bits per heavy atom. The number of aromatic nitrogens is 5. The molecule has 0 spiro atoms. The lowest BCUT2D eigenvalue weighted by atomic mass is 10.0. The maximum atomic E-state index is 4.25. The van der Waals surface area contributed by atoms with E-state index in [2.05, 4.69) is 45.1 Å². The molecule has 0 unspecified atom stereocenters. The molecule has 21 heavy (non-hydrogen) atoms. The molecule has 1 aromatic carbocycles. The first-order valence-electron chi connectivity index (χ1n) is 6.66. The Balaban J connectivity index is 2.00. The van der Waals surface area contributed by atoms with Crippen LogP contribution >= 0.6 is 0 Å². The van der Waals surface area contributed by atoms with Crippen LogP contribution in [0.25, 0.3) is 33.8 Å². The van der Waals surface area contributed by atoms with E-state index < -0.39 is 0 Å². The molecule has 0 bridgehead atoms. The van der Waals surface area contributed by atoms with Crippen molar-refractivity contribution in [3.8, 4) is 11.1 Å². The van der Waals surface area contributed by atoms with Crippen molar-refractivity contribution < 1.29 is 0 Å². The highest BCUT2D eigenvalue weighted by atomic mass is 15.3. The molecule has 102 valence electrons. The van der Waals surface area contributed by atoms with Gasteiger partial charge in [-0.05, 0) is 41.8 Å². The molecule has 1 N–H and O–H groups in total. The first kappa shape index (κ1) is 11.8. The van der Waals surface area contributed by atoms with Crippen LogP contribution in [0.15, 0.2) is 43.5 Å². The van der Waals surface area contributed by atoms with Gasteiger partial charge in [-0.15, -0.1) is 0 Å². The van der Waals surface area contributed by atoms with Crippen LogP contribution in [0.3, 0.4) is 0 Å². The molecular formula is C16H13N5. The van der Waals surface area contributed by atoms with E-state index in [1.54, 1.807) is 10.8 Å². The molecule has 4 aromatic rings. The largest absolute Gasteiger partial charge is 0.278 e. The van der Waals surface area contributed by atoms with E-state index in [0.717, 1.165) is 38.8 Å². The highest BCUT2D eigenvalue weighted by Crippen LogP contribution is 2.28. The average molecular weight is 275 g/mol. The number of benzene rings is 1. The highest BCUT2D eigenvalue weighted by Gasteiger charge is 2.08. The van der Waals surface area contributed by atoms with Crippen LogP contribution in [-0.2, 0) is 0 Å². The predicted molar refractivity (Wildman–Crippen MR) is 82.9 cm³/mol. The normalized spacial score (nSPS) is 11.3. The minimum Gasteiger partial charge on any atom is -0.278 e. The summed E-state index contributed by atoms with van der Waals surface area (Å²) < 4.78 is 1.80. The molecule has 3 heterocycles. The second-order valence-corrected chi connectivity index (χ2v) is 5.04. The highest BCUT2D eigenvalue weighted by molar-refractivity contribution is 5.91. The Bertz CT molecular complexity index is 977. The zero-order chi connectivity index (χ0) is 14.4. The number of pyridine rings is 1. The molecule has 0 aliphatic heterocycles. The third-order valence-electron chi connectivity index (χ3n) is 3.70. The van der Waals surface area contributed by atoms with Gasteiger partial charge in [0.25, 0.3) is 0 Å². The van der Waals surface area contributed by atoms with E-state index in [1.807, 2.05) is 25.4 Å². The van der Waals surface area contributed by atoms with Gasteiger partial charge in [0.1, 0.15) is 6.33 Å². The fourth-order valence-corrected chi connectivity index (χ4v) is 2.67. The SMILES string of the molecule is C=Cc1cc(-c2cc(C)c3ncnn3c2)cc2[nH]ncc12. The number of H-pyrrole nitrogens is 1. The molecule has 4 rings (SSSR count). The molecule has 0 saturated heterocycles. The van der Waals surface area contributed by atoms with Crippen LogP contribution in [0.4, 0.5) is 0 Å². The van der Waals surface area contributed by atoms with Gasteiger partial charge in [-0.25, -0.2) is 9.50 Å². The maximum Gasteiger partial charge on any atom is 0.158 e. The van der Waals surface area contributed by atoms with Gasteiger partial charge < -0.3 is 0 Å². The number of aromatic amines is 1. The van der Waals surface area contributed by atoms with Gasteiger partial charge in [-0.1, -0.05) is 12.7 Å². The standard InChI is InChI=1S/C16H13N5/c1-3-11-5-12(6-15-14(11)7-18-20-15)13-4-10(2)16-17-9-19-21(16)8-13/h3-9H,1H2,2H3,(H,18,20). The molecule has 0 radical (unpaired) electrons. The van der Waals surface area contributed by atoms with Crippen LogP contribution in [-0.4, -0.2) is 24.8 Å². The summed E-state index contributed by atoms with van der Waals surface area (Å²) in [5.74, 6) is 0. The topological polar surface area (TPSA) is 58.9 Å². The smallest absolute Gasteiger partial charge is 0.158 e. The van der Waals surface area contributed by atoms with Crippen molar-refractivity contribution in [3.63, 3.8) is 0 Å². The van der Waals surface area contributed by atoms with Crippen molar-refractivity contribution >= 4 is 22.6 Å². The number of rotatable bonds is 2. The third-order valence-corrected chi connectivity index (χ3v) is 3.70. The Morgan fingerprint density at radius 2 is 2.14 bits per heavy atom.